The van der Waals surface area contributed by atoms with Crippen LogP contribution in [0, 0.1) is 0 Å². The number of aromatic nitrogens is 3. The van der Waals surface area contributed by atoms with E-state index in [0.29, 0.717) is 22.8 Å². The second-order valence-electron chi connectivity index (χ2n) is 7.14. The van der Waals surface area contributed by atoms with Crippen molar-refractivity contribution in [3.63, 3.8) is 0 Å². The van der Waals surface area contributed by atoms with Crippen LogP contribution in [0.15, 0.2) is 95.8 Å². The molecular formula is C25H18ClN3O. The molecule has 3 aromatic carbocycles. The predicted molar refractivity (Wildman–Crippen MR) is 121 cm³/mol. The largest absolute Gasteiger partial charge is 0.293 e. The molecule has 0 saturated carbocycles. The van der Waals surface area contributed by atoms with E-state index in [9.17, 15) is 4.79 Å². The van der Waals surface area contributed by atoms with E-state index in [0.717, 1.165) is 27.9 Å². The van der Waals surface area contributed by atoms with Crippen molar-refractivity contribution in [1.82, 2.24) is 14.6 Å². The molecule has 0 aliphatic rings. The van der Waals surface area contributed by atoms with Crippen molar-refractivity contribution in [3.8, 4) is 22.4 Å². The number of hydrogen-bond acceptors (Lipinski definition) is 2. The minimum absolute atomic E-state index is 0.145. The zero-order chi connectivity index (χ0) is 20.5. The molecule has 1 N–H and O–H groups in total. The second-order valence-corrected chi connectivity index (χ2v) is 7.58. The van der Waals surface area contributed by atoms with Crippen molar-refractivity contribution in [2.45, 2.75) is 6.42 Å². The number of benzene rings is 3. The lowest BCUT2D eigenvalue weighted by molar-refractivity contribution is 0.866. The van der Waals surface area contributed by atoms with Gasteiger partial charge in [-0.2, -0.15) is 0 Å². The number of nitrogens with zero attached hydrogens (tertiary/aromatic N) is 2. The van der Waals surface area contributed by atoms with Crippen molar-refractivity contribution in [2.24, 2.45) is 0 Å². The average molecular weight is 412 g/mol. The molecule has 2 aromatic heterocycles. The van der Waals surface area contributed by atoms with Gasteiger partial charge in [0, 0.05) is 34.3 Å². The molecular weight excluding hydrogens is 394 g/mol. The summed E-state index contributed by atoms with van der Waals surface area (Å²) < 4.78 is 1.52. The fraction of sp³-hybridized carbons (Fsp3) is 0.0400. The van der Waals surface area contributed by atoms with Crippen LogP contribution in [-0.2, 0) is 6.42 Å². The highest BCUT2D eigenvalue weighted by Gasteiger charge is 2.18. The van der Waals surface area contributed by atoms with E-state index in [2.05, 4.69) is 17.2 Å². The number of hydrogen-bond donors (Lipinski definition) is 1. The molecule has 5 aromatic rings. The molecule has 4 nitrogen and oxygen atoms in total. The fourth-order valence-corrected chi connectivity index (χ4v) is 3.81. The van der Waals surface area contributed by atoms with Crippen LogP contribution in [0.25, 0.3) is 28.0 Å². The van der Waals surface area contributed by atoms with E-state index in [1.54, 1.807) is 6.07 Å². The van der Waals surface area contributed by atoms with Crippen LogP contribution in [0.3, 0.4) is 0 Å². The molecule has 2 heterocycles. The topological polar surface area (TPSA) is 50.2 Å². The number of H-pyrrole nitrogens is 1. The van der Waals surface area contributed by atoms with Crippen LogP contribution in [0.4, 0.5) is 0 Å². The Hall–Kier alpha value is -3.63. The number of halogens is 1. The maximum absolute atomic E-state index is 12.9. The van der Waals surface area contributed by atoms with Crippen molar-refractivity contribution in [1.29, 1.82) is 0 Å². The number of nitrogens with one attached hydrogen (secondary N) is 1. The molecule has 5 rings (SSSR count). The molecule has 0 radical (unpaired) electrons. The maximum Gasteiger partial charge on any atom is 0.273 e. The summed E-state index contributed by atoms with van der Waals surface area (Å²) >= 11 is 6.11. The Morgan fingerprint density at radius 3 is 2.20 bits per heavy atom. The van der Waals surface area contributed by atoms with Crippen LogP contribution in [-0.4, -0.2) is 14.6 Å². The third kappa shape index (κ3) is 3.42. The van der Waals surface area contributed by atoms with Gasteiger partial charge in [-0.1, -0.05) is 84.4 Å². The quantitative estimate of drug-likeness (QED) is 0.418. The van der Waals surface area contributed by atoms with Gasteiger partial charge in [0.15, 0.2) is 5.65 Å². The van der Waals surface area contributed by atoms with Gasteiger partial charge in [-0.25, -0.2) is 9.50 Å². The molecule has 30 heavy (non-hydrogen) atoms. The van der Waals surface area contributed by atoms with Crippen LogP contribution >= 0.6 is 11.6 Å². The summed E-state index contributed by atoms with van der Waals surface area (Å²) in [5.74, 6) is 0. The average Bonchev–Trinajstić information content (AvgIpc) is 3.14. The smallest absolute Gasteiger partial charge is 0.273 e. The Morgan fingerprint density at radius 1 is 0.833 bits per heavy atom. The van der Waals surface area contributed by atoms with Crippen LogP contribution in [0.2, 0.25) is 5.02 Å². The molecule has 0 atom stereocenters. The molecule has 0 aliphatic carbocycles. The summed E-state index contributed by atoms with van der Waals surface area (Å²) in [5.41, 5.74) is 5.97. The van der Waals surface area contributed by atoms with Gasteiger partial charge in [0.1, 0.15) is 0 Å². The van der Waals surface area contributed by atoms with E-state index in [-0.39, 0.29) is 5.56 Å². The molecule has 0 aliphatic heterocycles. The van der Waals surface area contributed by atoms with Gasteiger partial charge < -0.3 is 0 Å². The van der Waals surface area contributed by atoms with E-state index in [1.807, 2.05) is 72.8 Å². The Morgan fingerprint density at radius 2 is 1.50 bits per heavy atom. The first-order chi connectivity index (χ1) is 14.7. The maximum atomic E-state index is 12.9. The normalized spacial score (nSPS) is 11.1. The highest BCUT2D eigenvalue weighted by atomic mass is 35.5. The first-order valence-electron chi connectivity index (χ1n) is 9.69. The van der Waals surface area contributed by atoms with Crippen molar-refractivity contribution in [2.75, 3.05) is 0 Å². The molecule has 0 fully saturated rings. The van der Waals surface area contributed by atoms with E-state index < -0.39 is 0 Å². The lowest BCUT2D eigenvalue weighted by atomic mass is 10.0. The van der Waals surface area contributed by atoms with Gasteiger partial charge in [0.25, 0.3) is 5.56 Å². The third-order valence-electron chi connectivity index (χ3n) is 5.12. The highest BCUT2D eigenvalue weighted by molar-refractivity contribution is 6.30. The van der Waals surface area contributed by atoms with Gasteiger partial charge in [0.05, 0.1) is 5.69 Å². The summed E-state index contributed by atoms with van der Waals surface area (Å²) in [6, 6.07) is 29.1. The fourth-order valence-electron chi connectivity index (χ4n) is 3.69. The summed E-state index contributed by atoms with van der Waals surface area (Å²) in [7, 11) is 0. The van der Waals surface area contributed by atoms with Crippen molar-refractivity contribution in [3.05, 3.63) is 118 Å². The predicted octanol–water partition coefficient (Wildman–Crippen LogP) is 5.60. The first kappa shape index (κ1) is 18.4. The van der Waals surface area contributed by atoms with Crippen LogP contribution in [0.1, 0.15) is 11.3 Å². The van der Waals surface area contributed by atoms with Gasteiger partial charge in [-0.15, -0.1) is 0 Å². The molecule has 5 heteroatoms. The SMILES string of the molecule is O=c1cc(-c2ccccc2)nc2c(-c3ccc(Cl)cc3)c(Cc3ccccc3)[nH]n12. The standard InChI is InChI=1S/C25H18ClN3O/c26-20-13-11-19(12-14-20)24-22(15-17-7-3-1-4-8-17)28-29-23(30)16-21(27-25(24)29)18-9-5-2-6-10-18/h1-14,16,28H,15H2. The Bertz CT molecular complexity index is 1370. The molecule has 0 saturated heterocycles. The van der Waals surface area contributed by atoms with Gasteiger partial charge in [-0.3, -0.25) is 9.89 Å². The number of aromatic amines is 1. The Kier molecular flexibility index (Phi) is 4.69. The second kappa shape index (κ2) is 7.65. The lowest BCUT2D eigenvalue weighted by Crippen LogP contribution is -2.14. The zero-order valence-corrected chi connectivity index (χ0v) is 16.8. The highest BCUT2D eigenvalue weighted by Crippen LogP contribution is 2.30. The molecule has 0 bridgehead atoms. The van der Waals surface area contributed by atoms with Gasteiger partial charge in [0.2, 0.25) is 0 Å². The minimum Gasteiger partial charge on any atom is -0.293 e. The molecule has 0 spiro atoms. The van der Waals surface area contributed by atoms with E-state index in [4.69, 9.17) is 16.6 Å². The summed E-state index contributed by atoms with van der Waals surface area (Å²) in [5, 5.41) is 3.95. The summed E-state index contributed by atoms with van der Waals surface area (Å²) in [6.45, 7) is 0. The van der Waals surface area contributed by atoms with Gasteiger partial charge >= 0.3 is 0 Å². The van der Waals surface area contributed by atoms with E-state index in [1.165, 1.54) is 4.52 Å². The van der Waals surface area contributed by atoms with Crippen molar-refractivity contribution < 1.29 is 0 Å². The zero-order valence-electron chi connectivity index (χ0n) is 16.0. The Balaban J connectivity index is 1.76. The Labute approximate surface area is 178 Å². The molecule has 146 valence electrons. The lowest BCUT2D eigenvalue weighted by Gasteiger charge is -2.06. The minimum atomic E-state index is -0.145. The summed E-state index contributed by atoms with van der Waals surface area (Å²) in [4.78, 5) is 17.8. The number of fused-ring (bicyclic) bond motifs is 1. The monoisotopic (exact) mass is 411 g/mol. The third-order valence-corrected chi connectivity index (χ3v) is 5.37. The summed E-state index contributed by atoms with van der Waals surface area (Å²) in [6.07, 6.45) is 0.655. The van der Waals surface area contributed by atoms with Gasteiger partial charge in [-0.05, 0) is 23.3 Å². The first-order valence-corrected chi connectivity index (χ1v) is 10.1. The van der Waals surface area contributed by atoms with Crippen LogP contribution in [0.5, 0.6) is 0 Å². The van der Waals surface area contributed by atoms with Crippen LogP contribution < -0.4 is 5.56 Å². The molecule has 0 unspecified atom stereocenters. The molecule has 0 amide bonds. The van der Waals surface area contributed by atoms with E-state index >= 15 is 0 Å². The number of rotatable bonds is 4. The van der Waals surface area contributed by atoms with Crippen molar-refractivity contribution >= 4 is 17.2 Å².